The first kappa shape index (κ1) is 14.7. The summed E-state index contributed by atoms with van der Waals surface area (Å²) in [5.41, 5.74) is 6.46. The van der Waals surface area contributed by atoms with E-state index in [0.717, 1.165) is 12.0 Å². The first-order chi connectivity index (χ1) is 9.11. The highest BCUT2D eigenvalue weighted by atomic mass is 16.1. The summed E-state index contributed by atoms with van der Waals surface area (Å²) in [6, 6.07) is 8.94. The fourth-order valence-electron chi connectivity index (χ4n) is 1.60. The number of carbonyl (C=O) groups excluding carboxylic acids is 2. The summed E-state index contributed by atoms with van der Waals surface area (Å²) in [5, 5.41) is 11.4. The van der Waals surface area contributed by atoms with Crippen molar-refractivity contribution >= 4 is 11.8 Å². The molecule has 0 spiro atoms. The molecule has 0 aliphatic heterocycles. The maximum Gasteiger partial charge on any atom is 0.224 e. The minimum absolute atomic E-state index is 0.0659. The Morgan fingerprint density at radius 3 is 2.47 bits per heavy atom. The predicted molar refractivity (Wildman–Crippen MR) is 70.9 cm³/mol. The second-order valence-electron chi connectivity index (χ2n) is 4.26. The van der Waals surface area contributed by atoms with Gasteiger partial charge in [-0.3, -0.25) is 9.59 Å². The maximum absolute atomic E-state index is 11.6. The lowest BCUT2D eigenvalue weighted by Gasteiger charge is -2.05. The van der Waals surface area contributed by atoms with E-state index in [0.29, 0.717) is 31.4 Å². The molecule has 0 radical (unpaired) electrons. The zero-order chi connectivity index (χ0) is 14.1. The number of nitrogens with zero attached hydrogens (tertiary/aromatic N) is 1. The first-order valence-electron chi connectivity index (χ1n) is 6.16. The zero-order valence-electron chi connectivity index (χ0n) is 10.7. The Balaban J connectivity index is 2.23. The van der Waals surface area contributed by atoms with Crippen molar-refractivity contribution in [3.8, 4) is 6.07 Å². The number of unbranched alkanes of at least 4 members (excludes halogenated alkanes) is 1. The Morgan fingerprint density at radius 1 is 1.21 bits per heavy atom. The molecule has 0 heterocycles. The third-order valence-electron chi connectivity index (χ3n) is 2.62. The van der Waals surface area contributed by atoms with E-state index in [1.807, 2.05) is 6.07 Å². The number of nitriles is 1. The predicted octanol–water partition coefficient (Wildman–Crippen LogP) is 0.873. The summed E-state index contributed by atoms with van der Waals surface area (Å²) in [6.07, 6.45) is 2.07. The van der Waals surface area contributed by atoms with Crippen LogP contribution in [0.5, 0.6) is 0 Å². The van der Waals surface area contributed by atoms with Crippen LogP contribution in [0.25, 0.3) is 0 Å². The molecular weight excluding hydrogens is 242 g/mol. The van der Waals surface area contributed by atoms with E-state index in [9.17, 15) is 9.59 Å². The summed E-state index contributed by atoms with van der Waals surface area (Å²) in [6.45, 7) is 0.544. The fraction of sp³-hybridized carbons (Fsp3) is 0.357. The molecule has 0 unspecified atom stereocenters. The number of amides is 2. The number of primary amides is 1. The first-order valence-corrected chi connectivity index (χ1v) is 6.16. The average molecular weight is 259 g/mol. The van der Waals surface area contributed by atoms with Gasteiger partial charge < -0.3 is 11.1 Å². The highest BCUT2D eigenvalue weighted by molar-refractivity contribution is 5.78. The van der Waals surface area contributed by atoms with Crippen LogP contribution in [-0.4, -0.2) is 18.4 Å². The molecule has 0 bridgehead atoms. The second kappa shape index (κ2) is 7.88. The highest BCUT2D eigenvalue weighted by Crippen LogP contribution is 2.04. The molecule has 5 heteroatoms. The fourth-order valence-corrected chi connectivity index (χ4v) is 1.60. The molecule has 2 amide bonds. The Morgan fingerprint density at radius 2 is 1.89 bits per heavy atom. The lowest BCUT2D eigenvalue weighted by Crippen LogP contribution is -2.26. The van der Waals surface area contributed by atoms with Crippen molar-refractivity contribution in [2.24, 2.45) is 5.73 Å². The SMILES string of the molecule is N#Cc1ccc(CC(=O)NCCCCC(N)=O)cc1. The van der Waals surface area contributed by atoms with Crippen LogP contribution >= 0.6 is 0 Å². The largest absolute Gasteiger partial charge is 0.370 e. The standard InChI is InChI=1S/C14H17N3O2/c15-10-12-6-4-11(5-7-12)9-14(19)17-8-2-1-3-13(16)18/h4-7H,1-3,8-9H2,(H2,16,18)(H,17,19). The van der Waals surface area contributed by atoms with Gasteiger partial charge in [0.25, 0.3) is 0 Å². The maximum atomic E-state index is 11.6. The molecule has 5 nitrogen and oxygen atoms in total. The van der Waals surface area contributed by atoms with Crippen molar-refractivity contribution in [2.75, 3.05) is 6.54 Å². The third kappa shape index (κ3) is 6.22. The van der Waals surface area contributed by atoms with Gasteiger partial charge in [0.2, 0.25) is 11.8 Å². The molecule has 0 saturated carbocycles. The Bertz CT molecular complexity index is 474. The highest BCUT2D eigenvalue weighted by Gasteiger charge is 2.03. The number of nitrogens with one attached hydrogen (secondary N) is 1. The van der Waals surface area contributed by atoms with Crippen LogP contribution in [0.1, 0.15) is 30.4 Å². The Hall–Kier alpha value is -2.35. The quantitative estimate of drug-likeness (QED) is 0.711. The number of rotatable bonds is 7. The van der Waals surface area contributed by atoms with Crippen molar-refractivity contribution in [1.82, 2.24) is 5.32 Å². The summed E-state index contributed by atoms with van der Waals surface area (Å²) in [4.78, 5) is 22.1. The van der Waals surface area contributed by atoms with E-state index in [1.165, 1.54) is 0 Å². The van der Waals surface area contributed by atoms with Gasteiger partial charge in [-0.2, -0.15) is 5.26 Å². The van der Waals surface area contributed by atoms with Gasteiger partial charge >= 0.3 is 0 Å². The lowest BCUT2D eigenvalue weighted by molar-refractivity contribution is -0.120. The summed E-state index contributed by atoms with van der Waals surface area (Å²) in [7, 11) is 0. The Kier molecular flexibility index (Phi) is 6.10. The van der Waals surface area contributed by atoms with Gasteiger partial charge in [-0.25, -0.2) is 0 Å². The molecule has 0 aliphatic carbocycles. The van der Waals surface area contributed by atoms with Crippen LogP contribution in [0.3, 0.4) is 0 Å². The second-order valence-corrected chi connectivity index (χ2v) is 4.26. The normalized spacial score (nSPS) is 9.63. The van der Waals surface area contributed by atoms with Gasteiger partial charge in [0.05, 0.1) is 18.1 Å². The molecule has 0 atom stereocenters. The zero-order valence-corrected chi connectivity index (χ0v) is 10.7. The third-order valence-corrected chi connectivity index (χ3v) is 2.62. The molecule has 3 N–H and O–H groups in total. The van der Waals surface area contributed by atoms with Crippen LogP contribution in [0.4, 0.5) is 0 Å². The molecule has 1 aromatic carbocycles. The van der Waals surface area contributed by atoms with Crippen LogP contribution in [0, 0.1) is 11.3 Å². The van der Waals surface area contributed by atoms with E-state index >= 15 is 0 Å². The minimum atomic E-state index is -0.316. The molecular formula is C14H17N3O2. The van der Waals surface area contributed by atoms with Gasteiger partial charge in [0.15, 0.2) is 0 Å². The van der Waals surface area contributed by atoms with Crippen molar-refractivity contribution in [3.63, 3.8) is 0 Å². The van der Waals surface area contributed by atoms with E-state index < -0.39 is 0 Å². The van der Waals surface area contributed by atoms with Gasteiger partial charge in [-0.15, -0.1) is 0 Å². The summed E-state index contributed by atoms with van der Waals surface area (Å²) >= 11 is 0. The van der Waals surface area contributed by atoms with E-state index in [2.05, 4.69) is 5.32 Å². The number of hydrogen-bond donors (Lipinski definition) is 2. The number of nitrogens with two attached hydrogens (primary N) is 1. The van der Waals surface area contributed by atoms with Crippen molar-refractivity contribution in [1.29, 1.82) is 5.26 Å². The van der Waals surface area contributed by atoms with Gasteiger partial charge in [-0.05, 0) is 30.5 Å². The van der Waals surface area contributed by atoms with Crippen LogP contribution in [0.2, 0.25) is 0 Å². The van der Waals surface area contributed by atoms with Crippen molar-refractivity contribution in [2.45, 2.75) is 25.7 Å². The van der Waals surface area contributed by atoms with Gasteiger partial charge in [0.1, 0.15) is 0 Å². The summed E-state index contributed by atoms with van der Waals surface area (Å²) < 4.78 is 0. The van der Waals surface area contributed by atoms with Crippen molar-refractivity contribution in [3.05, 3.63) is 35.4 Å². The minimum Gasteiger partial charge on any atom is -0.370 e. The molecule has 100 valence electrons. The molecule has 0 saturated heterocycles. The van der Waals surface area contributed by atoms with Gasteiger partial charge in [-0.1, -0.05) is 12.1 Å². The number of benzene rings is 1. The Labute approximate surface area is 112 Å². The smallest absolute Gasteiger partial charge is 0.224 e. The molecule has 0 fully saturated rings. The van der Waals surface area contributed by atoms with E-state index in [1.54, 1.807) is 24.3 Å². The van der Waals surface area contributed by atoms with E-state index in [4.69, 9.17) is 11.0 Å². The molecule has 19 heavy (non-hydrogen) atoms. The van der Waals surface area contributed by atoms with Crippen LogP contribution in [-0.2, 0) is 16.0 Å². The van der Waals surface area contributed by atoms with Crippen LogP contribution < -0.4 is 11.1 Å². The molecule has 0 aromatic heterocycles. The summed E-state index contributed by atoms with van der Waals surface area (Å²) in [5.74, 6) is -0.382. The number of hydrogen-bond acceptors (Lipinski definition) is 3. The lowest BCUT2D eigenvalue weighted by atomic mass is 10.1. The van der Waals surface area contributed by atoms with E-state index in [-0.39, 0.29) is 11.8 Å². The molecule has 1 aromatic rings. The molecule has 0 aliphatic rings. The van der Waals surface area contributed by atoms with Crippen molar-refractivity contribution < 1.29 is 9.59 Å². The van der Waals surface area contributed by atoms with Gasteiger partial charge in [0, 0.05) is 13.0 Å². The topological polar surface area (TPSA) is 96.0 Å². The number of carbonyl (C=O) groups is 2. The average Bonchev–Trinajstić information content (AvgIpc) is 2.39. The monoisotopic (exact) mass is 259 g/mol. The van der Waals surface area contributed by atoms with Crippen LogP contribution in [0.15, 0.2) is 24.3 Å². The molecule has 1 rings (SSSR count).